The summed E-state index contributed by atoms with van der Waals surface area (Å²) in [6.07, 6.45) is 2.22. The van der Waals surface area contributed by atoms with E-state index in [0.717, 1.165) is 37.2 Å². The highest BCUT2D eigenvalue weighted by Gasteiger charge is 2.20. The first-order valence-corrected chi connectivity index (χ1v) is 12.5. The van der Waals surface area contributed by atoms with Crippen LogP contribution in [0.15, 0.2) is 91.0 Å². The molecule has 1 aliphatic heterocycles. The predicted molar refractivity (Wildman–Crippen MR) is 150 cm³/mol. The van der Waals surface area contributed by atoms with E-state index >= 15 is 0 Å². The Bertz CT molecular complexity index is 1350. The van der Waals surface area contributed by atoms with Crippen LogP contribution < -0.4 is 26.4 Å². The molecule has 0 unspecified atom stereocenters. The van der Waals surface area contributed by atoms with Crippen molar-refractivity contribution in [2.45, 2.75) is 12.8 Å². The molecule has 0 saturated carbocycles. The maximum absolute atomic E-state index is 12.9. The standard InChI is InChI=1S/C30H31N5O2/c31-27-13-14-28(34-29(27)32)22-5-4-6-23(19-22)30(36)33-24-9-11-26(12-10-24)37-20-21-15-17-35(18-16-21)25-7-2-1-3-8-25/h1-14,19,21H,15-18,20,31H2,(H2,32,34)(H,33,36). The van der Waals surface area contributed by atoms with Gasteiger partial charge in [0, 0.05) is 35.6 Å². The zero-order valence-corrected chi connectivity index (χ0v) is 20.6. The Morgan fingerprint density at radius 2 is 1.68 bits per heavy atom. The summed E-state index contributed by atoms with van der Waals surface area (Å²) in [4.78, 5) is 19.6. The monoisotopic (exact) mass is 493 g/mol. The summed E-state index contributed by atoms with van der Waals surface area (Å²) in [7, 11) is 0. The number of carbonyl (C=O) groups is 1. The molecular weight excluding hydrogens is 462 g/mol. The molecule has 188 valence electrons. The summed E-state index contributed by atoms with van der Waals surface area (Å²) < 4.78 is 6.06. The summed E-state index contributed by atoms with van der Waals surface area (Å²) >= 11 is 0. The minimum atomic E-state index is -0.205. The lowest BCUT2D eigenvalue weighted by Gasteiger charge is -2.33. The number of carbonyl (C=O) groups excluding carboxylic acids is 1. The molecule has 0 bridgehead atoms. The molecule has 1 saturated heterocycles. The zero-order valence-electron chi connectivity index (χ0n) is 20.6. The number of nitrogens with one attached hydrogen (secondary N) is 1. The number of benzene rings is 3. The molecule has 0 radical (unpaired) electrons. The number of para-hydroxylation sites is 1. The smallest absolute Gasteiger partial charge is 0.255 e. The Hall–Kier alpha value is -4.52. The summed E-state index contributed by atoms with van der Waals surface area (Å²) in [5.41, 5.74) is 16.0. The summed E-state index contributed by atoms with van der Waals surface area (Å²) in [6, 6.07) is 28.8. The molecule has 1 aromatic heterocycles. The fourth-order valence-corrected chi connectivity index (χ4v) is 4.51. The van der Waals surface area contributed by atoms with Crippen molar-refractivity contribution in [3.63, 3.8) is 0 Å². The second-order valence-corrected chi connectivity index (χ2v) is 9.31. The average Bonchev–Trinajstić information content (AvgIpc) is 2.95. The number of nitrogen functional groups attached to an aromatic ring is 2. The van der Waals surface area contributed by atoms with E-state index in [2.05, 4.69) is 45.5 Å². The molecule has 5 N–H and O–H groups in total. The van der Waals surface area contributed by atoms with Gasteiger partial charge in [-0.2, -0.15) is 0 Å². The first kappa shape index (κ1) is 24.2. The van der Waals surface area contributed by atoms with E-state index in [0.29, 0.717) is 35.2 Å². The minimum Gasteiger partial charge on any atom is -0.493 e. The lowest BCUT2D eigenvalue weighted by Crippen LogP contribution is -2.35. The van der Waals surface area contributed by atoms with Crippen LogP contribution in [0.4, 0.5) is 22.9 Å². The van der Waals surface area contributed by atoms with Crippen molar-refractivity contribution in [2.24, 2.45) is 5.92 Å². The first-order valence-electron chi connectivity index (χ1n) is 12.5. The molecule has 3 aromatic carbocycles. The Balaban J connectivity index is 1.13. The third kappa shape index (κ3) is 6.01. The zero-order chi connectivity index (χ0) is 25.6. The normalized spacial score (nSPS) is 13.8. The van der Waals surface area contributed by atoms with Crippen LogP contribution in [0, 0.1) is 5.92 Å². The van der Waals surface area contributed by atoms with Gasteiger partial charge in [0.05, 0.1) is 18.0 Å². The molecule has 7 heteroatoms. The van der Waals surface area contributed by atoms with Crippen molar-refractivity contribution >= 4 is 28.8 Å². The molecule has 7 nitrogen and oxygen atoms in total. The van der Waals surface area contributed by atoms with Gasteiger partial charge in [0.1, 0.15) is 11.6 Å². The maximum Gasteiger partial charge on any atom is 0.255 e. The minimum absolute atomic E-state index is 0.205. The third-order valence-electron chi connectivity index (χ3n) is 6.71. The van der Waals surface area contributed by atoms with Crippen LogP contribution in [0.5, 0.6) is 5.75 Å². The van der Waals surface area contributed by atoms with Crippen molar-refractivity contribution < 1.29 is 9.53 Å². The number of ether oxygens (including phenoxy) is 1. The molecule has 4 aromatic rings. The van der Waals surface area contributed by atoms with Gasteiger partial charge >= 0.3 is 0 Å². The molecule has 0 aliphatic carbocycles. The van der Waals surface area contributed by atoms with E-state index in [-0.39, 0.29) is 11.7 Å². The summed E-state index contributed by atoms with van der Waals surface area (Å²) in [5.74, 6) is 1.41. The largest absolute Gasteiger partial charge is 0.493 e. The Kier molecular flexibility index (Phi) is 7.21. The molecular formula is C30H31N5O2. The first-order chi connectivity index (χ1) is 18.0. The number of nitrogens with zero attached hydrogens (tertiary/aromatic N) is 2. The van der Waals surface area contributed by atoms with Gasteiger partial charge in [0.15, 0.2) is 0 Å². The van der Waals surface area contributed by atoms with Gasteiger partial charge < -0.3 is 26.4 Å². The molecule has 1 fully saturated rings. The van der Waals surface area contributed by atoms with Gasteiger partial charge in [-0.3, -0.25) is 4.79 Å². The van der Waals surface area contributed by atoms with Crippen LogP contribution in [0.1, 0.15) is 23.2 Å². The van der Waals surface area contributed by atoms with Crippen LogP contribution in [0.3, 0.4) is 0 Å². The average molecular weight is 494 g/mol. The van der Waals surface area contributed by atoms with Crippen molar-refractivity contribution in [3.05, 3.63) is 96.6 Å². The predicted octanol–water partition coefficient (Wildman–Crippen LogP) is 5.46. The summed E-state index contributed by atoms with van der Waals surface area (Å²) in [5, 5.41) is 2.95. The van der Waals surface area contributed by atoms with E-state index in [4.69, 9.17) is 16.2 Å². The fourth-order valence-electron chi connectivity index (χ4n) is 4.51. The van der Waals surface area contributed by atoms with Crippen LogP contribution >= 0.6 is 0 Å². The fraction of sp³-hybridized carbons (Fsp3) is 0.200. The number of amides is 1. The third-order valence-corrected chi connectivity index (χ3v) is 6.71. The van der Waals surface area contributed by atoms with Crippen molar-refractivity contribution in [1.29, 1.82) is 0 Å². The van der Waals surface area contributed by atoms with Gasteiger partial charge in [0.25, 0.3) is 5.91 Å². The Morgan fingerprint density at radius 1 is 0.919 bits per heavy atom. The number of anilines is 4. The molecule has 2 heterocycles. The Morgan fingerprint density at radius 3 is 2.41 bits per heavy atom. The topological polar surface area (TPSA) is 106 Å². The van der Waals surface area contributed by atoms with Gasteiger partial charge in [-0.15, -0.1) is 0 Å². The quantitative estimate of drug-likeness (QED) is 0.316. The van der Waals surface area contributed by atoms with E-state index in [1.165, 1.54) is 5.69 Å². The molecule has 37 heavy (non-hydrogen) atoms. The number of rotatable bonds is 7. The van der Waals surface area contributed by atoms with E-state index in [9.17, 15) is 4.79 Å². The van der Waals surface area contributed by atoms with Crippen molar-refractivity contribution in [3.8, 4) is 17.0 Å². The SMILES string of the molecule is Nc1ccc(-c2cccc(C(=O)Nc3ccc(OCC4CCN(c5ccccc5)CC4)cc3)c2)nc1N. The van der Waals surface area contributed by atoms with Gasteiger partial charge in [0.2, 0.25) is 0 Å². The lowest BCUT2D eigenvalue weighted by atomic mass is 9.97. The van der Waals surface area contributed by atoms with E-state index in [1.807, 2.05) is 36.4 Å². The Labute approximate surface area is 217 Å². The second kappa shape index (κ2) is 11.0. The number of piperidine rings is 1. The molecule has 0 spiro atoms. The van der Waals surface area contributed by atoms with Crippen LogP contribution in [0.2, 0.25) is 0 Å². The molecule has 1 aliphatic rings. The van der Waals surface area contributed by atoms with Crippen molar-refractivity contribution in [2.75, 3.05) is 41.4 Å². The van der Waals surface area contributed by atoms with Gasteiger partial charge in [-0.25, -0.2) is 4.98 Å². The highest BCUT2D eigenvalue weighted by Crippen LogP contribution is 2.25. The number of hydrogen-bond acceptors (Lipinski definition) is 6. The summed E-state index contributed by atoms with van der Waals surface area (Å²) in [6.45, 7) is 2.79. The number of nitrogens with two attached hydrogens (primary N) is 2. The number of pyridine rings is 1. The number of aromatic nitrogens is 1. The molecule has 5 rings (SSSR count). The van der Waals surface area contributed by atoms with Crippen LogP contribution in [-0.2, 0) is 0 Å². The molecule has 0 atom stereocenters. The van der Waals surface area contributed by atoms with Gasteiger partial charge in [-0.05, 0) is 79.4 Å². The lowest BCUT2D eigenvalue weighted by molar-refractivity contribution is 0.102. The maximum atomic E-state index is 12.9. The van der Waals surface area contributed by atoms with Crippen LogP contribution in [0.25, 0.3) is 11.3 Å². The van der Waals surface area contributed by atoms with E-state index in [1.54, 1.807) is 24.3 Å². The van der Waals surface area contributed by atoms with Gasteiger partial charge in [-0.1, -0.05) is 30.3 Å². The van der Waals surface area contributed by atoms with Crippen molar-refractivity contribution in [1.82, 2.24) is 4.98 Å². The highest BCUT2D eigenvalue weighted by molar-refractivity contribution is 6.05. The molecule has 1 amide bonds. The highest BCUT2D eigenvalue weighted by atomic mass is 16.5. The number of hydrogen-bond donors (Lipinski definition) is 3. The van der Waals surface area contributed by atoms with Crippen LogP contribution in [-0.4, -0.2) is 30.6 Å². The van der Waals surface area contributed by atoms with E-state index < -0.39 is 0 Å². The second-order valence-electron chi connectivity index (χ2n) is 9.31.